The summed E-state index contributed by atoms with van der Waals surface area (Å²) in [6, 6.07) is 8.25. The van der Waals surface area contributed by atoms with Crippen LogP contribution in [0.5, 0.6) is 0 Å². The van der Waals surface area contributed by atoms with Crippen LogP contribution in [-0.4, -0.2) is 10.7 Å². The van der Waals surface area contributed by atoms with Crippen LogP contribution in [0.1, 0.15) is 37.9 Å². The first kappa shape index (κ1) is 14.2. The molecule has 1 aromatic rings. The van der Waals surface area contributed by atoms with E-state index in [1.807, 2.05) is 32.9 Å². The van der Waals surface area contributed by atoms with Crippen LogP contribution in [0.2, 0.25) is 0 Å². The maximum Gasteiger partial charge on any atom is 0.234 e. The fourth-order valence-corrected chi connectivity index (χ4v) is 1.75. The molecule has 0 spiro atoms. The second-order valence-electron chi connectivity index (χ2n) is 4.79. The van der Waals surface area contributed by atoms with Crippen molar-refractivity contribution in [1.82, 2.24) is 5.32 Å². The molecule has 0 radical (unpaired) electrons. The standard InChI is InChI=1S/C14H20BrNO/c1-9(2)13(15)14(17)16-11(4)12-7-5-6-10(3)8-12/h5-9,11,13H,1-4H3,(H,16,17)/t11-,13?/m0/s1. The van der Waals surface area contributed by atoms with E-state index >= 15 is 0 Å². The van der Waals surface area contributed by atoms with Crippen molar-refractivity contribution in [3.05, 3.63) is 35.4 Å². The van der Waals surface area contributed by atoms with Crippen LogP contribution in [-0.2, 0) is 4.79 Å². The molecule has 0 saturated heterocycles. The molecule has 17 heavy (non-hydrogen) atoms. The molecule has 1 unspecified atom stereocenters. The summed E-state index contributed by atoms with van der Waals surface area (Å²) in [7, 11) is 0. The summed E-state index contributed by atoms with van der Waals surface area (Å²) in [6.07, 6.45) is 0. The molecule has 0 aromatic heterocycles. The molecule has 1 N–H and O–H groups in total. The number of halogens is 1. The molecule has 0 heterocycles. The Hall–Kier alpha value is -0.830. The van der Waals surface area contributed by atoms with Crippen molar-refractivity contribution in [3.8, 4) is 0 Å². The van der Waals surface area contributed by atoms with Crippen LogP contribution in [0.4, 0.5) is 0 Å². The van der Waals surface area contributed by atoms with Gasteiger partial charge in [0.1, 0.15) is 0 Å². The highest BCUT2D eigenvalue weighted by atomic mass is 79.9. The number of hydrogen-bond acceptors (Lipinski definition) is 1. The average molecular weight is 298 g/mol. The quantitative estimate of drug-likeness (QED) is 0.846. The molecule has 0 aliphatic heterocycles. The largest absolute Gasteiger partial charge is 0.349 e. The van der Waals surface area contributed by atoms with Crippen LogP contribution < -0.4 is 5.32 Å². The Kier molecular flexibility index (Phi) is 5.19. The topological polar surface area (TPSA) is 29.1 Å². The van der Waals surface area contributed by atoms with Crippen molar-refractivity contribution < 1.29 is 4.79 Å². The first-order valence-corrected chi connectivity index (χ1v) is 6.84. The second-order valence-corrected chi connectivity index (χ2v) is 5.78. The van der Waals surface area contributed by atoms with E-state index < -0.39 is 0 Å². The zero-order valence-electron chi connectivity index (χ0n) is 10.8. The van der Waals surface area contributed by atoms with Crippen molar-refractivity contribution in [1.29, 1.82) is 0 Å². The zero-order chi connectivity index (χ0) is 13.0. The molecule has 2 nitrogen and oxygen atoms in total. The van der Waals surface area contributed by atoms with Gasteiger partial charge in [-0.25, -0.2) is 0 Å². The summed E-state index contributed by atoms with van der Waals surface area (Å²) in [5.74, 6) is 0.341. The third kappa shape index (κ3) is 4.15. The molecular weight excluding hydrogens is 278 g/mol. The number of carbonyl (C=O) groups is 1. The van der Waals surface area contributed by atoms with Crippen molar-refractivity contribution in [2.24, 2.45) is 5.92 Å². The highest BCUT2D eigenvalue weighted by Crippen LogP contribution is 2.17. The monoisotopic (exact) mass is 297 g/mol. The molecule has 1 aromatic carbocycles. The van der Waals surface area contributed by atoms with Gasteiger partial charge in [-0.3, -0.25) is 4.79 Å². The van der Waals surface area contributed by atoms with E-state index in [-0.39, 0.29) is 16.8 Å². The Labute approximate surface area is 112 Å². The van der Waals surface area contributed by atoms with Crippen LogP contribution in [0, 0.1) is 12.8 Å². The molecule has 94 valence electrons. The first-order valence-electron chi connectivity index (χ1n) is 5.93. The molecule has 0 saturated carbocycles. The Balaban J connectivity index is 2.66. The highest BCUT2D eigenvalue weighted by molar-refractivity contribution is 9.10. The van der Waals surface area contributed by atoms with Crippen molar-refractivity contribution in [2.45, 2.75) is 38.6 Å². The van der Waals surface area contributed by atoms with Crippen molar-refractivity contribution in [3.63, 3.8) is 0 Å². The van der Waals surface area contributed by atoms with Crippen molar-refractivity contribution in [2.75, 3.05) is 0 Å². The third-order valence-corrected chi connectivity index (χ3v) is 4.21. The fraction of sp³-hybridized carbons (Fsp3) is 0.500. The lowest BCUT2D eigenvalue weighted by Gasteiger charge is -2.19. The maximum absolute atomic E-state index is 11.9. The van der Waals surface area contributed by atoms with Gasteiger partial charge in [0.25, 0.3) is 0 Å². The molecule has 0 fully saturated rings. The lowest BCUT2D eigenvalue weighted by molar-refractivity contribution is -0.121. The molecule has 0 aliphatic rings. The Morgan fingerprint density at radius 2 is 1.94 bits per heavy atom. The van der Waals surface area contributed by atoms with Gasteiger partial charge in [0, 0.05) is 0 Å². The summed E-state index contributed by atoms with van der Waals surface area (Å²) in [4.78, 5) is 11.8. The summed E-state index contributed by atoms with van der Waals surface area (Å²) < 4.78 is 0. The minimum absolute atomic E-state index is 0.0428. The van der Waals surface area contributed by atoms with Crippen molar-refractivity contribution >= 4 is 21.8 Å². The van der Waals surface area contributed by atoms with E-state index in [0.29, 0.717) is 5.92 Å². The van der Waals surface area contributed by atoms with Gasteiger partial charge in [0.2, 0.25) is 5.91 Å². The molecule has 0 bridgehead atoms. The Bertz CT molecular complexity index is 390. The van der Waals surface area contributed by atoms with Gasteiger partial charge in [-0.05, 0) is 25.3 Å². The van der Waals surface area contributed by atoms with Gasteiger partial charge in [-0.1, -0.05) is 59.6 Å². The van der Waals surface area contributed by atoms with Crippen LogP contribution in [0.3, 0.4) is 0 Å². The van der Waals surface area contributed by atoms with E-state index in [1.165, 1.54) is 5.56 Å². The van der Waals surface area contributed by atoms with Gasteiger partial charge >= 0.3 is 0 Å². The van der Waals surface area contributed by atoms with Crippen LogP contribution >= 0.6 is 15.9 Å². The summed E-state index contributed by atoms with van der Waals surface area (Å²) in [5, 5.41) is 3.02. The average Bonchev–Trinajstić information content (AvgIpc) is 2.27. The molecule has 3 heteroatoms. The van der Waals surface area contributed by atoms with Gasteiger partial charge < -0.3 is 5.32 Å². The Morgan fingerprint density at radius 1 is 1.29 bits per heavy atom. The zero-order valence-corrected chi connectivity index (χ0v) is 12.4. The Morgan fingerprint density at radius 3 is 2.47 bits per heavy atom. The number of benzene rings is 1. The number of nitrogens with one attached hydrogen (secondary N) is 1. The van der Waals surface area contributed by atoms with Gasteiger partial charge in [-0.15, -0.1) is 0 Å². The van der Waals surface area contributed by atoms with Gasteiger partial charge in [0.15, 0.2) is 0 Å². The van der Waals surface area contributed by atoms with Crippen LogP contribution in [0.15, 0.2) is 24.3 Å². The van der Waals surface area contributed by atoms with Gasteiger partial charge in [-0.2, -0.15) is 0 Å². The second kappa shape index (κ2) is 6.20. The number of amides is 1. The number of aryl methyl sites for hydroxylation is 1. The van der Waals surface area contributed by atoms with E-state index in [0.717, 1.165) is 5.56 Å². The minimum Gasteiger partial charge on any atom is -0.349 e. The predicted octanol–water partition coefficient (Wildman–Crippen LogP) is 3.59. The minimum atomic E-state index is -0.130. The maximum atomic E-state index is 11.9. The SMILES string of the molecule is Cc1cccc([C@H](C)NC(=O)C(Br)C(C)C)c1. The van der Waals surface area contributed by atoms with Crippen LogP contribution in [0.25, 0.3) is 0 Å². The molecule has 1 rings (SSSR count). The predicted molar refractivity (Wildman–Crippen MR) is 75.3 cm³/mol. The highest BCUT2D eigenvalue weighted by Gasteiger charge is 2.20. The molecule has 2 atom stereocenters. The van der Waals surface area contributed by atoms with E-state index in [1.54, 1.807) is 0 Å². The molecule has 0 aliphatic carbocycles. The smallest absolute Gasteiger partial charge is 0.234 e. The number of carbonyl (C=O) groups excluding carboxylic acids is 1. The first-order chi connectivity index (χ1) is 7.91. The van der Waals surface area contributed by atoms with E-state index in [9.17, 15) is 4.79 Å². The van der Waals surface area contributed by atoms with E-state index in [4.69, 9.17) is 0 Å². The van der Waals surface area contributed by atoms with E-state index in [2.05, 4.69) is 40.3 Å². The third-order valence-electron chi connectivity index (χ3n) is 2.74. The lowest BCUT2D eigenvalue weighted by atomic mass is 10.0. The lowest BCUT2D eigenvalue weighted by Crippen LogP contribution is -2.35. The normalized spacial score (nSPS) is 14.5. The number of hydrogen-bond donors (Lipinski definition) is 1. The fourth-order valence-electron chi connectivity index (χ4n) is 1.62. The molecular formula is C14H20BrNO. The summed E-state index contributed by atoms with van der Waals surface area (Å²) in [5.41, 5.74) is 2.35. The number of alkyl halides is 1. The summed E-state index contributed by atoms with van der Waals surface area (Å²) in [6.45, 7) is 8.11. The summed E-state index contributed by atoms with van der Waals surface area (Å²) >= 11 is 3.41. The molecule has 1 amide bonds. The number of rotatable bonds is 4. The van der Waals surface area contributed by atoms with Gasteiger partial charge in [0.05, 0.1) is 10.9 Å².